The molecule has 1 aliphatic rings. The van der Waals surface area contributed by atoms with Crippen LogP contribution in [0, 0.1) is 21.7 Å². The molecule has 0 spiro atoms. The summed E-state index contributed by atoms with van der Waals surface area (Å²) in [5.74, 6) is -1.78. The number of nitrogens with one attached hydrogen (secondary N) is 3. The highest BCUT2D eigenvalue weighted by Crippen LogP contribution is 2.25. The third-order valence-electron chi connectivity index (χ3n) is 3.50. The van der Waals surface area contributed by atoms with Gasteiger partial charge in [0.1, 0.15) is 23.9 Å². The Bertz CT molecular complexity index is 907. The fraction of sp³-hybridized carbons (Fsp3) is 0.176. The summed E-state index contributed by atoms with van der Waals surface area (Å²) in [5.41, 5.74) is 0.906. The lowest BCUT2D eigenvalue weighted by atomic mass is 10.2. The number of halogens is 2. The van der Waals surface area contributed by atoms with E-state index in [1.807, 2.05) is 0 Å². The van der Waals surface area contributed by atoms with Crippen molar-refractivity contribution in [2.24, 2.45) is 0 Å². The number of hydrogen-bond donors (Lipinski definition) is 3. The lowest BCUT2D eigenvalue weighted by Gasteiger charge is -2.17. The molecule has 9 nitrogen and oxygen atoms in total. The van der Waals surface area contributed by atoms with Gasteiger partial charge in [-0.2, -0.15) is 0 Å². The zero-order valence-corrected chi connectivity index (χ0v) is 14.6. The Balaban J connectivity index is 0.000000207. The quantitative estimate of drug-likeness (QED) is 0.414. The smallest absolute Gasteiger partial charge is 0.325 e. The number of rotatable bonds is 4. The number of nitrogens with zero attached hydrogens (tertiary/aromatic N) is 1. The lowest BCUT2D eigenvalue weighted by molar-refractivity contribution is -0.384. The Morgan fingerprint density at radius 3 is 2.57 bits per heavy atom. The molecule has 0 bridgehead atoms. The van der Waals surface area contributed by atoms with Crippen LogP contribution in [0.5, 0.6) is 0 Å². The average Bonchev–Trinajstić information content (AvgIpc) is 2.66. The van der Waals surface area contributed by atoms with Gasteiger partial charge in [0.25, 0.3) is 5.69 Å². The van der Waals surface area contributed by atoms with Crippen molar-refractivity contribution in [1.82, 2.24) is 0 Å². The number of nitro groups is 1. The van der Waals surface area contributed by atoms with Gasteiger partial charge in [-0.25, -0.2) is 8.78 Å². The molecule has 11 heteroatoms. The van der Waals surface area contributed by atoms with Crippen molar-refractivity contribution in [3.63, 3.8) is 0 Å². The van der Waals surface area contributed by atoms with Crippen LogP contribution in [-0.2, 0) is 14.3 Å². The molecule has 28 heavy (non-hydrogen) atoms. The van der Waals surface area contributed by atoms with Gasteiger partial charge in [0.15, 0.2) is 0 Å². The first-order valence-electron chi connectivity index (χ1n) is 7.88. The van der Waals surface area contributed by atoms with Gasteiger partial charge in [-0.3, -0.25) is 19.7 Å². The van der Waals surface area contributed by atoms with Crippen LogP contribution in [0.15, 0.2) is 36.4 Å². The molecule has 3 rings (SSSR count). The molecule has 2 aromatic rings. The van der Waals surface area contributed by atoms with E-state index in [-0.39, 0.29) is 30.5 Å². The molecule has 1 amide bonds. The molecule has 3 N–H and O–H groups in total. The fourth-order valence-corrected chi connectivity index (χ4v) is 2.19. The molecule has 2 aromatic carbocycles. The van der Waals surface area contributed by atoms with Gasteiger partial charge in [-0.05, 0) is 30.3 Å². The van der Waals surface area contributed by atoms with Crippen LogP contribution in [0.25, 0.3) is 0 Å². The number of methoxy groups -OCH3 is 1. The Morgan fingerprint density at radius 1 is 1.21 bits per heavy atom. The normalized spacial score (nSPS) is 11.8. The predicted molar refractivity (Wildman–Crippen MR) is 97.1 cm³/mol. The number of amides is 1. The van der Waals surface area contributed by atoms with E-state index < -0.39 is 22.4 Å². The van der Waals surface area contributed by atoms with E-state index in [1.54, 1.807) is 6.07 Å². The van der Waals surface area contributed by atoms with E-state index in [9.17, 15) is 28.5 Å². The average molecular weight is 394 g/mol. The molecule has 0 saturated carbocycles. The Hall–Kier alpha value is -3.76. The summed E-state index contributed by atoms with van der Waals surface area (Å²) in [7, 11) is 1.20. The minimum atomic E-state index is -0.733. The highest BCUT2D eigenvalue weighted by molar-refractivity contribution is 6.00. The number of benzene rings is 2. The predicted octanol–water partition coefficient (Wildman–Crippen LogP) is 2.51. The van der Waals surface area contributed by atoms with Gasteiger partial charge in [-0.15, -0.1) is 0 Å². The van der Waals surface area contributed by atoms with Crippen molar-refractivity contribution in [2.45, 2.75) is 0 Å². The third kappa shape index (κ3) is 5.62. The number of esters is 1. The van der Waals surface area contributed by atoms with Crippen LogP contribution in [0.3, 0.4) is 0 Å². The van der Waals surface area contributed by atoms with E-state index in [0.717, 1.165) is 17.8 Å². The van der Waals surface area contributed by atoms with Crippen LogP contribution in [-0.4, -0.2) is 37.0 Å². The maximum Gasteiger partial charge on any atom is 0.325 e. The molecular weight excluding hydrogens is 378 g/mol. The summed E-state index contributed by atoms with van der Waals surface area (Å²) in [6.45, 7) is 0.0294. The van der Waals surface area contributed by atoms with E-state index in [0.29, 0.717) is 5.69 Å². The number of anilines is 3. The zero-order valence-electron chi connectivity index (χ0n) is 14.6. The number of hydrogen-bond acceptors (Lipinski definition) is 7. The Morgan fingerprint density at radius 2 is 1.89 bits per heavy atom. The summed E-state index contributed by atoms with van der Waals surface area (Å²) in [5, 5.41) is 18.5. The van der Waals surface area contributed by atoms with Crippen molar-refractivity contribution in [3.8, 4) is 0 Å². The number of nitro benzene ring substituents is 1. The number of carbonyl (C=O) groups is 2. The molecule has 148 valence electrons. The molecule has 0 aromatic heterocycles. The first-order chi connectivity index (χ1) is 13.3. The second kappa shape index (κ2) is 9.26. The highest BCUT2D eigenvalue weighted by Gasteiger charge is 2.15. The van der Waals surface area contributed by atoms with Crippen molar-refractivity contribution in [3.05, 3.63) is 58.1 Å². The SMILES string of the molecule is COC(=O)CNc1ccc(F)cc1[N+](=O)[O-].O=C1CNc2ccc(F)cc2N1. The molecule has 1 aliphatic heterocycles. The molecule has 0 saturated heterocycles. The summed E-state index contributed by atoms with van der Waals surface area (Å²) < 4.78 is 29.7. The molecule has 0 radical (unpaired) electrons. The first-order valence-corrected chi connectivity index (χ1v) is 7.88. The van der Waals surface area contributed by atoms with Crippen molar-refractivity contribution < 1.29 is 28.0 Å². The minimum absolute atomic E-state index is 0.0665. The second-order valence-corrected chi connectivity index (χ2v) is 5.44. The third-order valence-corrected chi connectivity index (χ3v) is 3.50. The van der Waals surface area contributed by atoms with Crippen LogP contribution in [0.1, 0.15) is 0 Å². The summed E-state index contributed by atoms with van der Waals surface area (Å²) in [4.78, 5) is 31.5. The molecule has 0 atom stereocenters. The number of carbonyl (C=O) groups excluding carboxylic acids is 2. The fourth-order valence-electron chi connectivity index (χ4n) is 2.19. The van der Waals surface area contributed by atoms with E-state index in [4.69, 9.17) is 0 Å². The molecule has 0 unspecified atom stereocenters. The zero-order chi connectivity index (χ0) is 20.7. The van der Waals surface area contributed by atoms with Crippen LogP contribution in [0.2, 0.25) is 0 Å². The number of fused-ring (bicyclic) bond motifs is 1. The highest BCUT2D eigenvalue weighted by atomic mass is 19.1. The van der Waals surface area contributed by atoms with Gasteiger partial charge in [0.2, 0.25) is 5.91 Å². The second-order valence-electron chi connectivity index (χ2n) is 5.44. The van der Waals surface area contributed by atoms with Crippen molar-refractivity contribution >= 4 is 34.6 Å². The topological polar surface area (TPSA) is 123 Å². The minimum Gasteiger partial charge on any atom is -0.468 e. The van der Waals surface area contributed by atoms with Crippen molar-refractivity contribution in [1.29, 1.82) is 0 Å². The molecular formula is C17H16F2N4O5. The number of ether oxygens (including phenoxy) is 1. The van der Waals surface area contributed by atoms with Crippen molar-refractivity contribution in [2.75, 3.05) is 36.1 Å². The molecule has 1 heterocycles. The Labute approximate surface area is 157 Å². The molecule has 0 fully saturated rings. The van der Waals surface area contributed by atoms with Gasteiger partial charge < -0.3 is 20.7 Å². The first kappa shape index (κ1) is 20.6. The van der Waals surface area contributed by atoms with Gasteiger partial charge in [0.05, 0.1) is 36.0 Å². The summed E-state index contributed by atoms with van der Waals surface area (Å²) >= 11 is 0. The van der Waals surface area contributed by atoms with E-state index in [2.05, 4.69) is 20.7 Å². The van der Waals surface area contributed by atoms with Gasteiger partial charge in [-0.1, -0.05) is 0 Å². The standard InChI is InChI=1S/C9H9FN2O4.C8H7FN2O/c1-16-9(13)5-11-7-3-2-6(10)4-8(7)12(14)15;9-5-1-2-6-7(3-5)11-8(12)4-10-6/h2-4,11H,5H2,1H3;1-3,10H,4H2,(H,11,12). The Kier molecular flexibility index (Phi) is 6.79. The van der Waals surface area contributed by atoms with E-state index >= 15 is 0 Å². The van der Waals surface area contributed by atoms with Gasteiger partial charge >= 0.3 is 5.97 Å². The summed E-state index contributed by atoms with van der Waals surface area (Å²) in [6.07, 6.45) is 0. The van der Waals surface area contributed by atoms with Crippen LogP contribution < -0.4 is 16.0 Å². The monoisotopic (exact) mass is 394 g/mol. The van der Waals surface area contributed by atoms with Gasteiger partial charge in [0, 0.05) is 0 Å². The van der Waals surface area contributed by atoms with Crippen LogP contribution >= 0.6 is 0 Å². The van der Waals surface area contributed by atoms with Crippen LogP contribution in [0.4, 0.5) is 31.5 Å². The largest absolute Gasteiger partial charge is 0.468 e. The maximum absolute atomic E-state index is 12.7. The maximum atomic E-state index is 12.7. The van der Waals surface area contributed by atoms with E-state index in [1.165, 1.54) is 25.3 Å². The lowest BCUT2D eigenvalue weighted by Crippen LogP contribution is -2.27. The molecule has 0 aliphatic carbocycles. The summed E-state index contributed by atoms with van der Waals surface area (Å²) in [6, 6.07) is 7.27.